The Kier molecular flexibility index (Phi) is 3.12. The van der Waals surface area contributed by atoms with Crippen LogP contribution in [0, 0.1) is 0 Å². The molecule has 0 radical (unpaired) electrons. The summed E-state index contributed by atoms with van der Waals surface area (Å²) in [6, 6.07) is 15.7. The number of alkyl halides is 3. The summed E-state index contributed by atoms with van der Waals surface area (Å²) in [5, 5.41) is 6.51. The van der Waals surface area contributed by atoms with Gasteiger partial charge in [-0.25, -0.2) is 0 Å². The molecule has 2 aromatic rings. The summed E-state index contributed by atoms with van der Waals surface area (Å²) in [5.74, 6) is 0. The van der Waals surface area contributed by atoms with Crippen LogP contribution in [0.4, 0.5) is 13.2 Å². The number of benzene rings is 2. The van der Waals surface area contributed by atoms with Gasteiger partial charge in [0.2, 0.25) is 0 Å². The quantitative estimate of drug-likeness (QED) is 0.707. The first-order valence-corrected chi connectivity index (χ1v) is 6.36. The van der Waals surface area contributed by atoms with E-state index < -0.39 is 11.8 Å². The highest BCUT2D eigenvalue weighted by Crippen LogP contribution is 2.53. The third kappa shape index (κ3) is 2.46. The van der Waals surface area contributed by atoms with Gasteiger partial charge in [-0.15, -0.1) is 10.2 Å². The van der Waals surface area contributed by atoms with Crippen molar-refractivity contribution in [1.29, 1.82) is 0 Å². The SMILES string of the molecule is FC(F)(F)C1(c2ccccc2/C=C/c2ccccc2)N=N1. The highest BCUT2D eigenvalue weighted by Gasteiger charge is 2.65. The molecule has 0 unspecified atom stereocenters. The van der Waals surface area contributed by atoms with Gasteiger partial charge in [-0.2, -0.15) is 13.2 Å². The Hall–Kier alpha value is -2.43. The first-order chi connectivity index (χ1) is 10.0. The molecule has 0 saturated heterocycles. The Labute approximate surface area is 119 Å². The lowest BCUT2D eigenvalue weighted by Gasteiger charge is -2.16. The Balaban J connectivity index is 1.97. The molecular weight excluding hydrogens is 277 g/mol. The summed E-state index contributed by atoms with van der Waals surface area (Å²) >= 11 is 0. The van der Waals surface area contributed by atoms with Gasteiger partial charge in [-0.05, 0) is 11.1 Å². The Morgan fingerprint density at radius 2 is 1.43 bits per heavy atom. The highest BCUT2D eigenvalue weighted by molar-refractivity contribution is 5.72. The predicted molar refractivity (Wildman–Crippen MR) is 74.4 cm³/mol. The zero-order chi connectivity index (χ0) is 14.9. The van der Waals surface area contributed by atoms with E-state index in [1.165, 1.54) is 6.07 Å². The third-order valence-corrected chi connectivity index (χ3v) is 3.29. The van der Waals surface area contributed by atoms with Gasteiger partial charge < -0.3 is 0 Å². The molecule has 0 saturated carbocycles. The van der Waals surface area contributed by atoms with Gasteiger partial charge in [0.25, 0.3) is 0 Å². The van der Waals surface area contributed by atoms with E-state index in [0.29, 0.717) is 5.56 Å². The van der Waals surface area contributed by atoms with Gasteiger partial charge in [0.05, 0.1) is 0 Å². The van der Waals surface area contributed by atoms with Crippen molar-refractivity contribution in [2.24, 2.45) is 10.2 Å². The second kappa shape index (κ2) is 4.84. The summed E-state index contributed by atoms with van der Waals surface area (Å²) in [4.78, 5) is 0. The third-order valence-electron chi connectivity index (χ3n) is 3.29. The van der Waals surface area contributed by atoms with Crippen molar-refractivity contribution >= 4 is 12.2 Å². The van der Waals surface area contributed by atoms with Crippen molar-refractivity contribution in [3.63, 3.8) is 0 Å². The monoisotopic (exact) mass is 288 g/mol. The lowest BCUT2D eigenvalue weighted by Crippen LogP contribution is -2.30. The standard InChI is InChI=1S/C16H11F3N2/c17-16(18,19)15(20-21-15)14-9-5-4-8-13(14)11-10-12-6-2-1-3-7-12/h1-11H/b11-10+. The molecule has 0 bridgehead atoms. The van der Waals surface area contributed by atoms with Gasteiger partial charge in [0.15, 0.2) is 0 Å². The Morgan fingerprint density at radius 1 is 0.810 bits per heavy atom. The van der Waals surface area contributed by atoms with E-state index in [9.17, 15) is 13.2 Å². The van der Waals surface area contributed by atoms with Crippen LogP contribution in [0.1, 0.15) is 16.7 Å². The van der Waals surface area contributed by atoms with E-state index in [1.54, 1.807) is 30.4 Å². The number of halogens is 3. The van der Waals surface area contributed by atoms with Crippen molar-refractivity contribution in [2.75, 3.05) is 0 Å². The van der Waals surface area contributed by atoms with Crippen molar-refractivity contribution in [1.82, 2.24) is 0 Å². The summed E-state index contributed by atoms with van der Waals surface area (Å²) < 4.78 is 39.3. The maximum absolute atomic E-state index is 13.1. The molecule has 21 heavy (non-hydrogen) atoms. The van der Waals surface area contributed by atoms with Crippen molar-refractivity contribution in [2.45, 2.75) is 11.8 Å². The second-order valence-corrected chi connectivity index (χ2v) is 4.70. The van der Waals surface area contributed by atoms with E-state index >= 15 is 0 Å². The van der Waals surface area contributed by atoms with Gasteiger partial charge in [-0.1, -0.05) is 66.7 Å². The maximum atomic E-state index is 13.1. The van der Waals surface area contributed by atoms with Crippen molar-refractivity contribution in [3.8, 4) is 0 Å². The molecule has 0 N–H and O–H groups in total. The van der Waals surface area contributed by atoms with Crippen LogP contribution in [-0.4, -0.2) is 6.18 Å². The smallest absolute Gasteiger partial charge is 0.166 e. The minimum atomic E-state index is -4.51. The van der Waals surface area contributed by atoms with E-state index in [2.05, 4.69) is 10.2 Å². The Bertz CT molecular complexity index is 697. The average Bonchev–Trinajstić information content (AvgIpc) is 3.28. The van der Waals surface area contributed by atoms with E-state index in [-0.39, 0.29) is 5.56 Å². The molecule has 1 aliphatic heterocycles. The largest absolute Gasteiger partial charge is 0.442 e. The molecule has 0 fully saturated rings. The topological polar surface area (TPSA) is 24.7 Å². The maximum Gasteiger partial charge on any atom is 0.442 e. The lowest BCUT2D eigenvalue weighted by molar-refractivity contribution is -0.166. The fourth-order valence-electron chi connectivity index (χ4n) is 2.13. The minimum absolute atomic E-state index is 0.0599. The van der Waals surface area contributed by atoms with Gasteiger partial charge >= 0.3 is 11.8 Å². The highest BCUT2D eigenvalue weighted by atomic mass is 19.4. The number of hydrogen-bond acceptors (Lipinski definition) is 2. The van der Waals surface area contributed by atoms with Crippen LogP contribution < -0.4 is 0 Å². The second-order valence-electron chi connectivity index (χ2n) is 4.70. The molecule has 0 amide bonds. The summed E-state index contributed by atoms with van der Waals surface area (Å²) in [5.41, 5.74) is -0.948. The van der Waals surface area contributed by atoms with Crippen LogP contribution in [0.15, 0.2) is 64.8 Å². The lowest BCUT2D eigenvalue weighted by atomic mass is 9.96. The van der Waals surface area contributed by atoms with E-state index in [4.69, 9.17) is 0 Å². The zero-order valence-electron chi connectivity index (χ0n) is 10.9. The molecule has 0 spiro atoms. The molecule has 2 aromatic carbocycles. The van der Waals surface area contributed by atoms with Gasteiger partial charge in [0, 0.05) is 5.56 Å². The minimum Gasteiger partial charge on any atom is -0.166 e. The van der Waals surface area contributed by atoms with Crippen LogP contribution in [0.2, 0.25) is 0 Å². The molecular formula is C16H11F3N2. The molecule has 106 valence electrons. The predicted octanol–water partition coefficient (Wildman–Crippen LogP) is 5.04. The van der Waals surface area contributed by atoms with Crippen LogP contribution in [0.5, 0.6) is 0 Å². The number of rotatable bonds is 3. The van der Waals surface area contributed by atoms with Crippen LogP contribution >= 0.6 is 0 Å². The molecule has 2 nitrogen and oxygen atoms in total. The fourth-order valence-corrected chi connectivity index (χ4v) is 2.13. The normalized spacial score (nSPS) is 16.3. The molecule has 5 heteroatoms. The van der Waals surface area contributed by atoms with Crippen molar-refractivity contribution < 1.29 is 13.2 Å². The first kappa shape index (κ1) is 13.5. The number of nitrogens with zero attached hydrogens (tertiary/aromatic N) is 2. The summed E-state index contributed by atoms with van der Waals surface area (Å²) in [6.45, 7) is 0. The summed E-state index contributed by atoms with van der Waals surface area (Å²) in [6.07, 6.45) is -1.09. The average molecular weight is 288 g/mol. The molecule has 0 aromatic heterocycles. The van der Waals surface area contributed by atoms with Crippen LogP contribution in [0.25, 0.3) is 12.2 Å². The van der Waals surface area contributed by atoms with Crippen LogP contribution in [-0.2, 0) is 5.66 Å². The fraction of sp³-hybridized carbons (Fsp3) is 0.125. The number of hydrogen-bond donors (Lipinski definition) is 0. The first-order valence-electron chi connectivity index (χ1n) is 6.36. The van der Waals surface area contributed by atoms with Crippen LogP contribution in [0.3, 0.4) is 0 Å². The molecule has 1 aliphatic rings. The molecule has 0 atom stereocenters. The van der Waals surface area contributed by atoms with E-state index in [1.807, 2.05) is 30.3 Å². The summed E-state index contributed by atoms with van der Waals surface area (Å²) in [7, 11) is 0. The van der Waals surface area contributed by atoms with E-state index in [0.717, 1.165) is 5.56 Å². The van der Waals surface area contributed by atoms with Gasteiger partial charge in [0.1, 0.15) is 0 Å². The molecule has 0 aliphatic carbocycles. The molecule has 3 rings (SSSR count). The zero-order valence-corrected chi connectivity index (χ0v) is 10.9. The molecule has 1 heterocycles. The Morgan fingerprint density at radius 3 is 2.05 bits per heavy atom. The van der Waals surface area contributed by atoms with Gasteiger partial charge in [-0.3, -0.25) is 0 Å². The van der Waals surface area contributed by atoms with Crippen molar-refractivity contribution in [3.05, 3.63) is 71.3 Å².